The van der Waals surface area contributed by atoms with Gasteiger partial charge in [0, 0.05) is 18.1 Å². The van der Waals surface area contributed by atoms with E-state index in [1.807, 2.05) is 12.1 Å². The summed E-state index contributed by atoms with van der Waals surface area (Å²) in [6.45, 7) is 1.88. The lowest BCUT2D eigenvalue weighted by Crippen LogP contribution is -2.46. The normalized spacial score (nSPS) is 17.4. The van der Waals surface area contributed by atoms with E-state index in [0.717, 1.165) is 22.2 Å². The molecule has 2 aromatic rings. The van der Waals surface area contributed by atoms with Gasteiger partial charge in [0.25, 0.3) is 11.1 Å². The van der Waals surface area contributed by atoms with Gasteiger partial charge in [-0.3, -0.25) is 19.3 Å². The Morgan fingerprint density at radius 3 is 2.56 bits per heavy atom. The second-order valence-corrected chi connectivity index (χ2v) is 9.02. The summed E-state index contributed by atoms with van der Waals surface area (Å²) < 4.78 is 16.5. The van der Waals surface area contributed by atoms with Crippen LogP contribution in [0.1, 0.15) is 11.1 Å². The largest absolute Gasteiger partial charge is 0.493 e. The number of morpholine rings is 1. The fraction of sp³-hybridized carbons (Fsp3) is 0.292. The van der Waals surface area contributed by atoms with Crippen molar-refractivity contribution in [3.63, 3.8) is 0 Å². The third-order valence-electron chi connectivity index (χ3n) is 5.32. The number of nitrogens with zero attached hydrogens (tertiary/aromatic N) is 2. The average molecular weight is 503 g/mol. The number of ether oxygens (including phenoxy) is 3. The van der Waals surface area contributed by atoms with Crippen LogP contribution >= 0.6 is 23.4 Å². The Kier molecular flexibility index (Phi) is 7.77. The van der Waals surface area contributed by atoms with E-state index >= 15 is 0 Å². The van der Waals surface area contributed by atoms with E-state index < -0.39 is 11.1 Å². The molecule has 4 rings (SSSR count). The highest BCUT2D eigenvalue weighted by Crippen LogP contribution is 2.35. The minimum atomic E-state index is -0.487. The number of carbonyl (C=O) groups excluding carboxylic acids is 3. The van der Waals surface area contributed by atoms with Crippen LogP contribution in [0, 0.1) is 0 Å². The summed E-state index contributed by atoms with van der Waals surface area (Å²) in [5, 5.41) is 0.188. The van der Waals surface area contributed by atoms with E-state index in [-0.39, 0.29) is 17.4 Å². The first-order chi connectivity index (χ1) is 16.4. The lowest BCUT2D eigenvalue weighted by Gasteiger charge is -2.28. The molecule has 2 aromatic carbocycles. The monoisotopic (exact) mass is 502 g/mol. The van der Waals surface area contributed by atoms with Crippen molar-refractivity contribution < 1.29 is 28.6 Å². The molecular formula is C24H23ClN2O6S. The van der Waals surface area contributed by atoms with E-state index in [2.05, 4.69) is 0 Å². The van der Waals surface area contributed by atoms with Crippen LogP contribution in [-0.4, -0.2) is 66.8 Å². The van der Waals surface area contributed by atoms with Crippen molar-refractivity contribution in [2.75, 3.05) is 40.0 Å². The molecule has 178 valence electrons. The molecular weight excluding hydrogens is 480 g/mol. The first-order valence-corrected chi connectivity index (χ1v) is 11.8. The molecule has 10 heteroatoms. The maximum absolute atomic E-state index is 12.8. The van der Waals surface area contributed by atoms with Crippen molar-refractivity contribution in [3.05, 3.63) is 63.5 Å². The number of amides is 3. The molecule has 0 radical (unpaired) electrons. The minimum absolute atomic E-state index is 0.247. The average Bonchev–Trinajstić information content (AvgIpc) is 3.11. The van der Waals surface area contributed by atoms with Crippen LogP contribution in [-0.2, 0) is 20.9 Å². The van der Waals surface area contributed by atoms with E-state index in [9.17, 15) is 14.4 Å². The zero-order valence-electron chi connectivity index (χ0n) is 18.5. The molecule has 2 aliphatic heterocycles. The molecule has 3 amide bonds. The molecule has 0 N–H and O–H groups in total. The zero-order valence-corrected chi connectivity index (χ0v) is 20.1. The summed E-state index contributed by atoms with van der Waals surface area (Å²) in [6.07, 6.45) is 1.61. The Balaban J connectivity index is 1.43. The van der Waals surface area contributed by atoms with Crippen molar-refractivity contribution in [3.8, 4) is 11.5 Å². The van der Waals surface area contributed by atoms with Crippen molar-refractivity contribution >= 4 is 46.5 Å². The summed E-state index contributed by atoms with van der Waals surface area (Å²) >= 11 is 6.72. The molecule has 2 saturated heterocycles. The van der Waals surface area contributed by atoms with Gasteiger partial charge in [0.2, 0.25) is 5.91 Å². The molecule has 2 aliphatic rings. The second kappa shape index (κ2) is 10.9. The van der Waals surface area contributed by atoms with Crippen LogP contribution in [0.4, 0.5) is 4.79 Å². The second-order valence-electron chi connectivity index (χ2n) is 7.59. The highest BCUT2D eigenvalue weighted by Gasteiger charge is 2.37. The van der Waals surface area contributed by atoms with Gasteiger partial charge in [0.1, 0.15) is 13.2 Å². The number of rotatable bonds is 7. The topological polar surface area (TPSA) is 85.4 Å². The van der Waals surface area contributed by atoms with E-state index in [0.29, 0.717) is 55.0 Å². The molecule has 2 heterocycles. The molecule has 0 unspecified atom stereocenters. The first-order valence-electron chi connectivity index (χ1n) is 10.6. The Morgan fingerprint density at radius 1 is 1.12 bits per heavy atom. The van der Waals surface area contributed by atoms with Crippen LogP contribution in [0.2, 0.25) is 5.02 Å². The lowest BCUT2D eigenvalue weighted by molar-refractivity contribution is -0.139. The fourth-order valence-electron chi connectivity index (χ4n) is 3.47. The molecule has 0 bridgehead atoms. The molecule has 0 atom stereocenters. The Hall–Kier alpha value is -3.01. The summed E-state index contributed by atoms with van der Waals surface area (Å²) in [6, 6.07) is 12.6. The number of carbonyl (C=O) groups is 3. The molecule has 34 heavy (non-hydrogen) atoms. The zero-order chi connectivity index (χ0) is 24.1. The molecule has 0 aromatic heterocycles. The van der Waals surface area contributed by atoms with Crippen molar-refractivity contribution in [1.29, 1.82) is 0 Å². The van der Waals surface area contributed by atoms with Crippen LogP contribution in [0.25, 0.3) is 6.08 Å². The van der Waals surface area contributed by atoms with Crippen molar-refractivity contribution in [1.82, 2.24) is 9.80 Å². The van der Waals surface area contributed by atoms with Crippen molar-refractivity contribution in [2.24, 2.45) is 0 Å². The van der Waals surface area contributed by atoms with Gasteiger partial charge in [-0.25, -0.2) is 0 Å². The van der Waals surface area contributed by atoms with Gasteiger partial charge in [-0.1, -0.05) is 29.8 Å². The predicted octanol–water partition coefficient (Wildman–Crippen LogP) is 3.82. The van der Waals surface area contributed by atoms with Crippen LogP contribution in [0.15, 0.2) is 47.4 Å². The van der Waals surface area contributed by atoms with Gasteiger partial charge in [-0.2, -0.15) is 0 Å². The summed E-state index contributed by atoms with van der Waals surface area (Å²) in [4.78, 5) is 40.5. The maximum atomic E-state index is 12.8. The molecule has 0 spiro atoms. The van der Waals surface area contributed by atoms with Gasteiger partial charge in [-0.15, -0.1) is 0 Å². The molecule has 8 nitrogen and oxygen atoms in total. The number of hydrogen-bond donors (Lipinski definition) is 0. The van der Waals surface area contributed by atoms with E-state index in [1.165, 1.54) is 7.11 Å². The summed E-state index contributed by atoms with van der Waals surface area (Å²) in [5.41, 5.74) is 1.62. The Morgan fingerprint density at radius 2 is 1.85 bits per heavy atom. The molecule has 0 saturated carbocycles. The van der Waals surface area contributed by atoms with Gasteiger partial charge in [0.15, 0.2) is 11.5 Å². The SMILES string of the molecule is COc1cc(/C=C2/SC(=O)N(CC(=O)N3CCOCC3)C2=O)ccc1OCc1ccc(Cl)cc1. The maximum Gasteiger partial charge on any atom is 0.294 e. The smallest absolute Gasteiger partial charge is 0.294 e. The minimum Gasteiger partial charge on any atom is -0.493 e. The number of methoxy groups -OCH3 is 1. The van der Waals surface area contributed by atoms with Crippen LogP contribution in [0.5, 0.6) is 11.5 Å². The van der Waals surface area contributed by atoms with Gasteiger partial charge in [0.05, 0.1) is 25.2 Å². The summed E-state index contributed by atoms with van der Waals surface area (Å²) in [7, 11) is 1.53. The number of benzene rings is 2. The Bertz CT molecular complexity index is 1110. The third kappa shape index (κ3) is 5.72. The standard InChI is InChI=1S/C24H23ClN2O6S/c1-31-20-12-17(4-7-19(20)33-15-16-2-5-18(25)6-3-16)13-21-23(29)27(24(30)34-21)14-22(28)26-8-10-32-11-9-26/h2-7,12-13H,8-11,14-15H2,1H3/b21-13+. The van der Waals surface area contributed by atoms with Gasteiger partial charge in [-0.05, 0) is 53.2 Å². The van der Waals surface area contributed by atoms with E-state index in [1.54, 1.807) is 41.3 Å². The van der Waals surface area contributed by atoms with Gasteiger partial charge < -0.3 is 19.1 Å². The third-order valence-corrected chi connectivity index (χ3v) is 6.48. The Labute approximate surface area is 206 Å². The van der Waals surface area contributed by atoms with Crippen LogP contribution in [0.3, 0.4) is 0 Å². The quantitative estimate of drug-likeness (QED) is 0.532. The van der Waals surface area contributed by atoms with Crippen LogP contribution < -0.4 is 9.47 Å². The molecule has 2 fully saturated rings. The highest BCUT2D eigenvalue weighted by atomic mass is 35.5. The number of imide groups is 1. The number of hydrogen-bond acceptors (Lipinski definition) is 7. The van der Waals surface area contributed by atoms with Gasteiger partial charge >= 0.3 is 0 Å². The number of halogens is 1. The molecule has 0 aliphatic carbocycles. The first kappa shape index (κ1) is 24.1. The highest BCUT2D eigenvalue weighted by molar-refractivity contribution is 8.18. The van der Waals surface area contributed by atoms with Crippen molar-refractivity contribution in [2.45, 2.75) is 6.61 Å². The fourth-order valence-corrected chi connectivity index (χ4v) is 4.43. The van der Waals surface area contributed by atoms with E-state index in [4.69, 9.17) is 25.8 Å². The number of thioether (sulfide) groups is 1. The lowest BCUT2D eigenvalue weighted by atomic mass is 10.1. The summed E-state index contributed by atoms with van der Waals surface area (Å²) in [5.74, 6) is 0.276. The predicted molar refractivity (Wildman–Crippen MR) is 129 cm³/mol.